The smallest absolute Gasteiger partial charge is 0.239 e. The molecule has 0 fully saturated rings. The molecule has 2 aromatic carbocycles. The zero-order chi connectivity index (χ0) is 19.3. The third-order valence-corrected chi connectivity index (χ3v) is 6.36. The molecule has 0 spiro atoms. The number of rotatable bonds is 6. The van der Waals surface area contributed by atoms with Gasteiger partial charge >= 0.3 is 0 Å². The third kappa shape index (κ3) is 4.24. The fraction of sp³-hybridized carbons (Fsp3) is 0.136. The number of pyridine rings is 1. The van der Waals surface area contributed by atoms with Crippen LogP contribution >= 0.6 is 23.1 Å². The van der Waals surface area contributed by atoms with Crippen molar-refractivity contribution in [3.63, 3.8) is 0 Å². The summed E-state index contributed by atoms with van der Waals surface area (Å²) in [7, 11) is 0. The first-order chi connectivity index (χ1) is 13.7. The van der Waals surface area contributed by atoms with Crippen molar-refractivity contribution in [1.82, 2.24) is 9.97 Å². The Kier molecular flexibility index (Phi) is 5.69. The van der Waals surface area contributed by atoms with Crippen molar-refractivity contribution in [3.05, 3.63) is 72.1 Å². The molecule has 0 aliphatic heterocycles. The average molecular weight is 406 g/mol. The molecule has 4 nitrogen and oxygen atoms in total. The molecule has 0 aliphatic rings. The van der Waals surface area contributed by atoms with Gasteiger partial charge in [0.05, 0.1) is 21.5 Å². The van der Waals surface area contributed by atoms with Gasteiger partial charge in [0.15, 0.2) is 5.13 Å². The van der Waals surface area contributed by atoms with Gasteiger partial charge in [-0.2, -0.15) is 0 Å². The van der Waals surface area contributed by atoms with Crippen LogP contribution in [0, 0.1) is 0 Å². The van der Waals surface area contributed by atoms with Crippen molar-refractivity contribution < 1.29 is 4.79 Å². The fourth-order valence-corrected chi connectivity index (χ4v) is 4.48. The lowest BCUT2D eigenvalue weighted by Crippen LogP contribution is -2.24. The molecule has 6 heteroatoms. The molecule has 0 radical (unpaired) electrons. The summed E-state index contributed by atoms with van der Waals surface area (Å²) in [5, 5.41) is 7.27. The van der Waals surface area contributed by atoms with E-state index in [0.29, 0.717) is 11.6 Å². The number of amides is 1. The van der Waals surface area contributed by atoms with Crippen LogP contribution in [-0.2, 0) is 4.79 Å². The Hall–Kier alpha value is -2.70. The number of para-hydroxylation sites is 1. The summed E-state index contributed by atoms with van der Waals surface area (Å²) >= 11 is 2.93. The Morgan fingerprint density at radius 3 is 2.64 bits per heavy atom. The number of nitrogens with one attached hydrogen (secondary N) is 1. The topological polar surface area (TPSA) is 54.9 Å². The molecule has 0 saturated carbocycles. The quantitative estimate of drug-likeness (QED) is 0.408. The van der Waals surface area contributed by atoms with E-state index in [1.54, 1.807) is 0 Å². The number of carbonyl (C=O) groups is 1. The number of thiazole rings is 1. The van der Waals surface area contributed by atoms with E-state index in [-0.39, 0.29) is 11.2 Å². The van der Waals surface area contributed by atoms with Gasteiger partial charge in [0.1, 0.15) is 0 Å². The van der Waals surface area contributed by atoms with Gasteiger partial charge in [-0.1, -0.05) is 73.3 Å². The molecule has 1 atom stereocenters. The van der Waals surface area contributed by atoms with Crippen LogP contribution in [0.15, 0.2) is 77.1 Å². The van der Waals surface area contributed by atoms with Gasteiger partial charge < -0.3 is 5.32 Å². The fourth-order valence-electron chi connectivity index (χ4n) is 2.84. The molecule has 2 aromatic heterocycles. The maximum atomic E-state index is 12.8. The molecule has 0 aliphatic carbocycles. The molecule has 2 heterocycles. The minimum atomic E-state index is -0.224. The number of carbonyl (C=O) groups excluding carboxylic acids is 1. The number of aromatic nitrogens is 2. The number of fused-ring (bicyclic) bond motifs is 1. The molecule has 0 bridgehead atoms. The molecule has 28 heavy (non-hydrogen) atoms. The maximum Gasteiger partial charge on any atom is 0.239 e. The van der Waals surface area contributed by atoms with E-state index in [2.05, 4.69) is 15.3 Å². The maximum absolute atomic E-state index is 12.8. The Labute approximate surface area is 172 Å². The van der Waals surface area contributed by atoms with Crippen LogP contribution in [0.1, 0.15) is 13.3 Å². The Morgan fingerprint density at radius 2 is 1.82 bits per heavy atom. The number of hydrogen-bond donors (Lipinski definition) is 1. The summed E-state index contributed by atoms with van der Waals surface area (Å²) in [5.41, 5.74) is 2.86. The van der Waals surface area contributed by atoms with Crippen LogP contribution in [0.4, 0.5) is 5.13 Å². The van der Waals surface area contributed by atoms with E-state index >= 15 is 0 Å². The van der Waals surface area contributed by atoms with E-state index in [1.165, 1.54) is 23.1 Å². The lowest BCUT2D eigenvalue weighted by Gasteiger charge is -2.13. The Bertz CT molecular complexity index is 1100. The van der Waals surface area contributed by atoms with Gasteiger partial charge in [-0.15, -0.1) is 11.3 Å². The minimum Gasteiger partial charge on any atom is -0.301 e. The van der Waals surface area contributed by atoms with Crippen molar-refractivity contribution in [3.8, 4) is 11.3 Å². The second-order valence-corrected chi connectivity index (χ2v) is 8.33. The van der Waals surface area contributed by atoms with Crippen molar-refractivity contribution in [1.29, 1.82) is 0 Å². The van der Waals surface area contributed by atoms with Gasteiger partial charge in [-0.25, -0.2) is 9.97 Å². The highest BCUT2D eigenvalue weighted by Crippen LogP contribution is 2.29. The van der Waals surface area contributed by atoms with Crippen molar-refractivity contribution >= 4 is 45.0 Å². The lowest BCUT2D eigenvalue weighted by atomic mass is 10.2. The van der Waals surface area contributed by atoms with E-state index < -0.39 is 0 Å². The van der Waals surface area contributed by atoms with Crippen LogP contribution in [-0.4, -0.2) is 21.1 Å². The summed E-state index contributed by atoms with van der Waals surface area (Å²) in [4.78, 5) is 22.0. The number of hydrogen-bond acceptors (Lipinski definition) is 5. The van der Waals surface area contributed by atoms with Gasteiger partial charge in [0, 0.05) is 16.3 Å². The van der Waals surface area contributed by atoms with Gasteiger partial charge in [-0.3, -0.25) is 4.79 Å². The highest BCUT2D eigenvalue weighted by Gasteiger charge is 2.20. The van der Waals surface area contributed by atoms with Crippen LogP contribution in [0.25, 0.3) is 22.2 Å². The predicted molar refractivity (Wildman–Crippen MR) is 118 cm³/mol. The molecule has 4 aromatic rings. The van der Waals surface area contributed by atoms with Crippen LogP contribution in [0.3, 0.4) is 0 Å². The first-order valence-corrected chi connectivity index (χ1v) is 10.8. The monoisotopic (exact) mass is 405 g/mol. The molecular formula is C22H19N3OS2. The molecule has 1 unspecified atom stereocenters. The van der Waals surface area contributed by atoms with Crippen molar-refractivity contribution in [2.24, 2.45) is 0 Å². The van der Waals surface area contributed by atoms with Crippen LogP contribution < -0.4 is 5.32 Å². The van der Waals surface area contributed by atoms with E-state index in [0.717, 1.165) is 27.2 Å². The highest BCUT2D eigenvalue weighted by atomic mass is 32.2. The largest absolute Gasteiger partial charge is 0.301 e. The van der Waals surface area contributed by atoms with Gasteiger partial charge in [0.2, 0.25) is 5.91 Å². The molecule has 140 valence electrons. The van der Waals surface area contributed by atoms with E-state index in [1.807, 2.05) is 79.0 Å². The first kappa shape index (κ1) is 18.7. The zero-order valence-electron chi connectivity index (χ0n) is 15.3. The number of nitrogens with zero attached hydrogens (tertiary/aromatic N) is 2. The number of anilines is 1. The summed E-state index contributed by atoms with van der Waals surface area (Å²) in [6.45, 7) is 2.01. The van der Waals surface area contributed by atoms with Crippen LogP contribution in [0.2, 0.25) is 0 Å². The molecule has 1 N–H and O–H groups in total. The normalized spacial score (nSPS) is 12.0. The standard InChI is InChI=1S/C22H19N3OS2/c1-2-19(28-20-13-12-16-10-6-7-11-17(16)23-20)21(26)25-22-24-18(14-27-22)15-8-4-3-5-9-15/h3-14,19H,2H2,1H3,(H,24,25,26). The van der Waals surface area contributed by atoms with Gasteiger partial charge in [-0.05, 0) is 18.6 Å². The number of thioether (sulfide) groups is 1. The first-order valence-electron chi connectivity index (χ1n) is 9.07. The molecule has 0 saturated heterocycles. The van der Waals surface area contributed by atoms with Gasteiger partial charge in [0.25, 0.3) is 0 Å². The SMILES string of the molecule is CCC(Sc1ccc2ccccc2n1)C(=O)Nc1nc(-c2ccccc2)cs1. The molecule has 1 amide bonds. The average Bonchev–Trinajstić information content (AvgIpc) is 3.21. The number of benzene rings is 2. The van der Waals surface area contributed by atoms with Crippen molar-refractivity contribution in [2.75, 3.05) is 5.32 Å². The molecule has 4 rings (SSSR count). The molecular weight excluding hydrogens is 386 g/mol. The minimum absolute atomic E-state index is 0.0450. The summed E-state index contributed by atoms with van der Waals surface area (Å²) in [5.74, 6) is -0.0450. The summed E-state index contributed by atoms with van der Waals surface area (Å²) in [6, 6.07) is 22.0. The van der Waals surface area contributed by atoms with Crippen LogP contribution in [0.5, 0.6) is 0 Å². The lowest BCUT2D eigenvalue weighted by molar-refractivity contribution is -0.115. The highest BCUT2D eigenvalue weighted by molar-refractivity contribution is 8.00. The second-order valence-electron chi connectivity index (χ2n) is 6.25. The Morgan fingerprint density at radius 1 is 1.04 bits per heavy atom. The van der Waals surface area contributed by atoms with E-state index in [9.17, 15) is 4.79 Å². The zero-order valence-corrected chi connectivity index (χ0v) is 17.0. The summed E-state index contributed by atoms with van der Waals surface area (Å²) in [6.07, 6.45) is 0.710. The van der Waals surface area contributed by atoms with Crippen molar-refractivity contribution in [2.45, 2.75) is 23.6 Å². The van der Waals surface area contributed by atoms with E-state index in [4.69, 9.17) is 0 Å². The summed E-state index contributed by atoms with van der Waals surface area (Å²) < 4.78 is 0. The third-order valence-electron chi connectivity index (χ3n) is 4.30. The Balaban J connectivity index is 1.46. The second kappa shape index (κ2) is 8.54. The predicted octanol–water partition coefficient (Wildman–Crippen LogP) is 5.87.